The van der Waals surface area contributed by atoms with Crippen LogP contribution < -0.4 is 5.56 Å². The zero-order valence-electron chi connectivity index (χ0n) is 10.7. The molecule has 0 bridgehead atoms. The zero-order valence-corrected chi connectivity index (χ0v) is 10.7. The van der Waals surface area contributed by atoms with Gasteiger partial charge in [0.15, 0.2) is 0 Å². The second kappa shape index (κ2) is 4.77. The minimum absolute atomic E-state index is 0.123. The minimum atomic E-state index is -4.41. The van der Waals surface area contributed by atoms with Crippen LogP contribution in [0.25, 0.3) is 22.0 Å². The molecular formula is C16H10F3NO. The topological polar surface area (TPSA) is 32.9 Å². The Balaban J connectivity index is 2.22. The number of fused-ring (bicyclic) bond motifs is 1. The first-order valence-electron chi connectivity index (χ1n) is 6.25. The fraction of sp³-hybridized carbons (Fsp3) is 0.0625. The summed E-state index contributed by atoms with van der Waals surface area (Å²) in [5.41, 5.74) is 0.260. The maximum Gasteiger partial charge on any atom is 0.417 e. The Kier molecular flexibility index (Phi) is 3.05. The number of pyridine rings is 1. The van der Waals surface area contributed by atoms with Crippen molar-refractivity contribution in [3.63, 3.8) is 0 Å². The highest BCUT2D eigenvalue weighted by Gasteiger charge is 2.33. The Morgan fingerprint density at radius 2 is 1.67 bits per heavy atom. The van der Waals surface area contributed by atoms with E-state index in [0.29, 0.717) is 16.5 Å². The summed E-state index contributed by atoms with van der Waals surface area (Å²) in [6, 6.07) is 13.2. The smallest absolute Gasteiger partial charge is 0.322 e. The molecule has 3 aromatic rings. The molecular weight excluding hydrogens is 279 g/mol. The molecule has 0 amide bonds. The van der Waals surface area contributed by atoms with Gasteiger partial charge in [0.1, 0.15) is 0 Å². The van der Waals surface area contributed by atoms with Crippen LogP contribution in [0.2, 0.25) is 0 Å². The van der Waals surface area contributed by atoms with Gasteiger partial charge in [0, 0.05) is 11.6 Å². The average molecular weight is 289 g/mol. The fourth-order valence-corrected chi connectivity index (χ4v) is 2.30. The summed E-state index contributed by atoms with van der Waals surface area (Å²) in [6.45, 7) is 0. The Hall–Kier alpha value is -2.56. The second-order valence-electron chi connectivity index (χ2n) is 4.67. The van der Waals surface area contributed by atoms with Crippen molar-refractivity contribution in [1.29, 1.82) is 0 Å². The van der Waals surface area contributed by atoms with E-state index >= 15 is 0 Å². The third kappa shape index (κ3) is 2.54. The van der Waals surface area contributed by atoms with Crippen molar-refractivity contribution >= 4 is 10.9 Å². The highest BCUT2D eigenvalue weighted by atomic mass is 19.4. The zero-order chi connectivity index (χ0) is 15.0. The van der Waals surface area contributed by atoms with E-state index in [2.05, 4.69) is 4.98 Å². The number of H-pyrrole nitrogens is 1. The molecule has 0 spiro atoms. The average Bonchev–Trinajstić information content (AvgIpc) is 2.46. The van der Waals surface area contributed by atoms with Crippen LogP contribution in [0.4, 0.5) is 13.2 Å². The van der Waals surface area contributed by atoms with E-state index in [-0.39, 0.29) is 11.1 Å². The molecule has 0 aliphatic rings. The second-order valence-corrected chi connectivity index (χ2v) is 4.67. The lowest BCUT2D eigenvalue weighted by atomic mass is 9.98. The van der Waals surface area contributed by atoms with Crippen molar-refractivity contribution in [2.24, 2.45) is 0 Å². The summed E-state index contributed by atoms with van der Waals surface area (Å²) in [5.74, 6) is 0. The van der Waals surface area contributed by atoms with E-state index in [1.165, 1.54) is 18.2 Å². The summed E-state index contributed by atoms with van der Waals surface area (Å²) >= 11 is 0. The number of halogens is 3. The lowest BCUT2D eigenvalue weighted by Crippen LogP contribution is -2.07. The summed E-state index contributed by atoms with van der Waals surface area (Å²) < 4.78 is 39.2. The third-order valence-electron chi connectivity index (χ3n) is 3.27. The van der Waals surface area contributed by atoms with E-state index < -0.39 is 11.7 Å². The first kappa shape index (κ1) is 13.4. The highest BCUT2D eigenvalue weighted by molar-refractivity contribution is 5.85. The lowest BCUT2D eigenvalue weighted by Gasteiger charge is -2.13. The van der Waals surface area contributed by atoms with Gasteiger partial charge in [-0.15, -0.1) is 0 Å². The van der Waals surface area contributed by atoms with Gasteiger partial charge in [-0.25, -0.2) is 0 Å². The van der Waals surface area contributed by atoms with Crippen LogP contribution in [0.15, 0.2) is 59.4 Å². The van der Waals surface area contributed by atoms with E-state index in [0.717, 1.165) is 6.07 Å². The number of hydrogen-bond donors (Lipinski definition) is 1. The Bertz CT molecular complexity index is 865. The molecule has 0 saturated heterocycles. The van der Waals surface area contributed by atoms with Gasteiger partial charge in [-0.05, 0) is 40.8 Å². The molecule has 0 fully saturated rings. The van der Waals surface area contributed by atoms with Gasteiger partial charge in [-0.3, -0.25) is 4.79 Å². The van der Waals surface area contributed by atoms with Crippen LogP contribution in [0, 0.1) is 0 Å². The molecule has 3 rings (SSSR count). The molecule has 106 valence electrons. The normalized spacial score (nSPS) is 11.8. The molecule has 5 heteroatoms. The molecule has 21 heavy (non-hydrogen) atoms. The molecule has 0 aliphatic heterocycles. The molecule has 0 atom stereocenters. The molecule has 2 aromatic carbocycles. The van der Waals surface area contributed by atoms with Crippen molar-refractivity contribution in [1.82, 2.24) is 4.98 Å². The van der Waals surface area contributed by atoms with Gasteiger partial charge in [-0.1, -0.05) is 24.3 Å². The predicted octanol–water partition coefficient (Wildman–Crippen LogP) is 4.21. The molecule has 2 nitrogen and oxygen atoms in total. The van der Waals surface area contributed by atoms with Crippen molar-refractivity contribution in [2.75, 3.05) is 0 Å². The van der Waals surface area contributed by atoms with Gasteiger partial charge in [-0.2, -0.15) is 13.2 Å². The molecule has 1 aromatic heterocycles. The maximum absolute atomic E-state index is 13.1. The first-order chi connectivity index (χ1) is 9.95. The number of benzene rings is 2. The fourth-order valence-electron chi connectivity index (χ4n) is 2.30. The van der Waals surface area contributed by atoms with E-state index in [1.54, 1.807) is 30.3 Å². The summed E-state index contributed by atoms with van der Waals surface area (Å²) in [4.78, 5) is 13.9. The van der Waals surface area contributed by atoms with Crippen molar-refractivity contribution < 1.29 is 13.2 Å². The van der Waals surface area contributed by atoms with E-state index in [9.17, 15) is 18.0 Å². The SMILES string of the molecule is O=c1ccc2cc(-c3ccccc3C(F)(F)F)ccc2[nH]1. The number of nitrogens with one attached hydrogen (secondary N) is 1. The van der Waals surface area contributed by atoms with Crippen LogP contribution in [0.3, 0.4) is 0 Å². The van der Waals surface area contributed by atoms with Crippen molar-refractivity contribution in [3.8, 4) is 11.1 Å². The number of aromatic amines is 1. The first-order valence-corrected chi connectivity index (χ1v) is 6.25. The van der Waals surface area contributed by atoms with Crippen LogP contribution in [0.1, 0.15) is 5.56 Å². The highest BCUT2D eigenvalue weighted by Crippen LogP contribution is 2.37. The van der Waals surface area contributed by atoms with Crippen molar-refractivity contribution in [3.05, 3.63) is 70.5 Å². The quantitative estimate of drug-likeness (QED) is 0.715. The van der Waals surface area contributed by atoms with Gasteiger partial charge < -0.3 is 4.98 Å². The van der Waals surface area contributed by atoms with Gasteiger partial charge >= 0.3 is 6.18 Å². The summed E-state index contributed by atoms with van der Waals surface area (Å²) in [6.07, 6.45) is -4.41. The van der Waals surface area contributed by atoms with E-state index in [1.807, 2.05) is 0 Å². The number of hydrogen-bond acceptors (Lipinski definition) is 1. The largest absolute Gasteiger partial charge is 0.417 e. The molecule has 0 unspecified atom stereocenters. The Morgan fingerprint density at radius 1 is 0.905 bits per heavy atom. The lowest BCUT2D eigenvalue weighted by molar-refractivity contribution is -0.137. The van der Waals surface area contributed by atoms with E-state index in [4.69, 9.17) is 0 Å². The van der Waals surface area contributed by atoms with Gasteiger partial charge in [0.2, 0.25) is 5.56 Å². The van der Waals surface area contributed by atoms with Gasteiger partial charge in [0.25, 0.3) is 0 Å². The molecule has 0 saturated carbocycles. The van der Waals surface area contributed by atoms with Gasteiger partial charge in [0.05, 0.1) is 5.56 Å². The monoisotopic (exact) mass is 289 g/mol. The van der Waals surface area contributed by atoms with Crippen LogP contribution in [-0.4, -0.2) is 4.98 Å². The third-order valence-corrected chi connectivity index (χ3v) is 3.27. The van der Waals surface area contributed by atoms with Crippen molar-refractivity contribution in [2.45, 2.75) is 6.18 Å². The van der Waals surface area contributed by atoms with Crippen LogP contribution in [-0.2, 0) is 6.18 Å². The standard InChI is InChI=1S/C16H10F3NO/c17-16(18,19)13-4-2-1-3-12(13)10-5-7-14-11(9-10)6-8-15(21)20-14/h1-9H,(H,20,21). The maximum atomic E-state index is 13.1. The number of rotatable bonds is 1. The van der Waals surface area contributed by atoms with Crippen LogP contribution in [0.5, 0.6) is 0 Å². The van der Waals surface area contributed by atoms with Crippen LogP contribution >= 0.6 is 0 Å². The molecule has 0 aliphatic carbocycles. The predicted molar refractivity (Wildman–Crippen MR) is 75.0 cm³/mol. The summed E-state index contributed by atoms with van der Waals surface area (Å²) in [5, 5.41) is 0.684. The molecule has 1 heterocycles. The number of aromatic nitrogens is 1. The Morgan fingerprint density at radius 3 is 2.43 bits per heavy atom. The Labute approximate surface area is 117 Å². The summed E-state index contributed by atoms with van der Waals surface area (Å²) in [7, 11) is 0. The minimum Gasteiger partial charge on any atom is -0.322 e. The number of alkyl halides is 3. The molecule has 1 N–H and O–H groups in total. The molecule has 0 radical (unpaired) electrons.